The van der Waals surface area contributed by atoms with Gasteiger partial charge >= 0.3 is 12.2 Å². The summed E-state index contributed by atoms with van der Waals surface area (Å²) < 4.78 is 10.3. The van der Waals surface area contributed by atoms with Crippen molar-refractivity contribution in [3.63, 3.8) is 0 Å². The molecule has 4 aromatic rings. The molecule has 0 spiro atoms. The Morgan fingerprint density at radius 1 is 0.731 bits per heavy atom. The lowest BCUT2D eigenvalue weighted by atomic mass is 9.84. The molecule has 2 aromatic heterocycles. The van der Waals surface area contributed by atoms with Gasteiger partial charge in [-0.1, -0.05) is 118 Å². The van der Waals surface area contributed by atoms with Crippen LogP contribution in [0.2, 0.25) is 0 Å². The molecule has 78 heavy (non-hydrogen) atoms. The Balaban J connectivity index is 1.03. The van der Waals surface area contributed by atoms with Gasteiger partial charge in [0.25, 0.3) is 0 Å². The Hall–Kier alpha value is -6.52. The number of ether oxygens (including phenoxy) is 2. The first-order chi connectivity index (χ1) is 37.8. The number of benzene rings is 2. The van der Waals surface area contributed by atoms with Crippen LogP contribution in [-0.2, 0) is 19.1 Å². The molecular weight excluding hydrogens is 1020 g/mol. The quantitative estimate of drug-likeness (QED) is 0.0624. The van der Waals surface area contributed by atoms with E-state index in [9.17, 15) is 19.2 Å². The van der Waals surface area contributed by atoms with Crippen LogP contribution in [0.4, 0.5) is 9.59 Å². The zero-order valence-electron chi connectivity index (χ0n) is 46.5. The van der Waals surface area contributed by atoms with Gasteiger partial charge in [0, 0.05) is 36.6 Å². The van der Waals surface area contributed by atoms with E-state index in [1.54, 1.807) is 23.5 Å². The third kappa shape index (κ3) is 15.6. The van der Waals surface area contributed by atoms with Crippen LogP contribution >= 0.6 is 23.5 Å². The molecule has 3 aliphatic rings. The van der Waals surface area contributed by atoms with Crippen molar-refractivity contribution >= 4 is 58.7 Å². The Kier molecular flexibility index (Phi) is 22.3. The van der Waals surface area contributed by atoms with Crippen molar-refractivity contribution in [1.82, 2.24) is 40.4 Å². The number of thioether (sulfide) groups is 2. The van der Waals surface area contributed by atoms with Crippen LogP contribution in [0.5, 0.6) is 0 Å². The number of allylic oxidation sites excluding steroid dienone is 8. The maximum Gasteiger partial charge on any atom is 0.408 e. The predicted molar refractivity (Wildman–Crippen MR) is 319 cm³/mol. The zero-order valence-corrected chi connectivity index (χ0v) is 48.1. The van der Waals surface area contributed by atoms with Gasteiger partial charge in [0.1, 0.15) is 36.9 Å². The molecule has 4 N–H and O–H groups in total. The topological polar surface area (TPSA) is 175 Å². The van der Waals surface area contributed by atoms with Crippen molar-refractivity contribution < 1.29 is 28.7 Å². The molecule has 416 valence electrons. The molecule has 7 rings (SSSR count). The summed E-state index contributed by atoms with van der Waals surface area (Å²) in [6.45, 7) is 17.6. The average Bonchev–Trinajstić information content (AvgIpc) is 4.32. The lowest BCUT2D eigenvalue weighted by Crippen LogP contribution is -2.49. The summed E-state index contributed by atoms with van der Waals surface area (Å²) in [5.74, 6) is 3.42. The van der Waals surface area contributed by atoms with Gasteiger partial charge in [-0.2, -0.15) is 23.5 Å². The van der Waals surface area contributed by atoms with Gasteiger partial charge in [0.2, 0.25) is 11.8 Å². The average molecular weight is 1100 g/mol. The maximum atomic E-state index is 13.9. The van der Waals surface area contributed by atoms with Gasteiger partial charge in [-0.15, -0.1) is 0 Å². The minimum Gasteiger partial charge on any atom is -0.445 e. The van der Waals surface area contributed by atoms with E-state index in [0.717, 1.165) is 103 Å². The van der Waals surface area contributed by atoms with E-state index in [-0.39, 0.29) is 37.1 Å². The highest BCUT2D eigenvalue weighted by Gasteiger charge is 2.38. The second-order valence-corrected chi connectivity index (χ2v) is 22.5. The van der Waals surface area contributed by atoms with Crippen molar-refractivity contribution in [2.45, 2.75) is 116 Å². The molecule has 14 nitrogen and oxygen atoms in total. The molecule has 2 saturated heterocycles. The minimum atomic E-state index is -0.690. The summed E-state index contributed by atoms with van der Waals surface area (Å²) in [7, 11) is 0. The van der Waals surface area contributed by atoms with E-state index in [4.69, 9.17) is 19.4 Å². The molecule has 2 aliphatic heterocycles. The Bertz CT molecular complexity index is 2810. The van der Waals surface area contributed by atoms with Crippen LogP contribution in [0, 0.1) is 11.8 Å². The number of H-pyrrole nitrogens is 2. The van der Waals surface area contributed by atoms with Crippen LogP contribution in [-0.4, -0.2) is 116 Å². The van der Waals surface area contributed by atoms with Gasteiger partial charge in [-0.3, -0.25) is 9.59 Å². The lowest BCUT2D eigenvalue weighted by molar-refractivity contribution is -0.135. The number of hydrogen-bond donors (Lipinski definition) is 4. The molecule has 0 saturated carbocycles. The highest BCUT2D eigenvalue weighted by atomic mass is 32.2. The second-order valence-electron chi connectivity index (χ2n) is 20.5. The summed E-state index contributed by atoms with van der Waals surface area (Å²) in [5.41, 5.74) is 11.2. The standard InChI is InChI=1S/C62H80N8O6S2/c1-9-34-75-61(73)67-51(30-36-77-7)59(71)69-32-12-14-55(69)57-63-39-53(65-57)48-26-22-46(23-27-48)43(6)45-20-17-41(4)16-18-42(5)50(38-44(11-3)19-21-45)47-24-28-49(29-25-47)54-40-64-58(66-54)56-15-13-33-70(56)60(72)52(31-37-78-8)68-62(74)76-35-10-2/h9-11,17,20,22-29,38-42,51-52,55-56H,1-2,12-16,18-19,21,30-37H2,3-8H3,(H,63,65)(H,64,66)(H,67,73)(H,68,74)/b20-17-,44-11-,45-43-,50-38+/t41-,42-,51+,52+,55+,56+/m1/s1. The molecule has 16 heteroatoms. The number of carbonyl (C=O) groups excluding carboxylic acids is 4. The normalized spacial score (nSPS) is 22.0. The van der Waals surface area contributed by atoms with Crippen molar-refractivity contribution in [3.05, 3.63) is 144 Å². The highest BCUT2D eigenvalue weighted by molar-refractivity contribution is 7.98. The smallest absolute Gasteiger partial charge is 0.408 e. The van der Waals surface area contributed by atoms with Crippen LogP contribution in [0.3, 0.4) is 0 Å². The summed E-state index contributed by atoms with van der Waals surface area (Å²) in [4.78, 5) is 73.3. The fourth-order valence-electron chi connectivity index (χ4n) is 10.6. The molecule has 0 unspecified atom stereocenters. The fraction of sp³-hybridized carbons (Fsp3) is 0.452. The largest absolute Gasteiger partial charge is 0.445 e. The van der Waals surface area contributed by atoms with Crippen LogP contribution in [0.15, 0.2) is 122 Å². The molecule has 6 atom stereocenters. The van der Waals surface area contributed by atoms with Crippen LogP contribution < -0.4 is 10.6 Å². The summed E-state index contributed by atoms with van der Waals surface area (Å²) in [5, 5.41) is 5.58. The van der Waals surface area contributed by atoms with E-state index < -0.39 is 24.3 Å². The lowest BCUT2D eigenvalue weighted by Gasteiger charge is -2.28. The molecule has 0 radical (unpaired) electrons. The molecule has 4 amide bonds. The Labute approximate surface area is 470 Å². The molecule has 2 aromatic carbocycles. The van der Waals surface area contributed by atoms with Crippen molar-refractivity contribution in [2.75, 3.05) is 50.3 Å². The Morgan fingerprint density at radius 3 is 1.72 bits per heavy atom. The number of nitrogens with one attached hydrogen (secondary N) is 4. The summed E-state index contributed by atoms with van der Waals surface area (Å²) in [6, 6.07) is 15.5. The maximum absolute atomic E-state index is 13.9. The molecule has 2 fully saturated rings. The molecule has 4 heterocycles. The van der Waals surface area contributed by atoms with E-state index in [1.165, 1.54) is 40.0 Å². The fourth-order valence-corrected chi connectivity index (χ4v) is 11.5. The minimum absolute atomic E-state index is 0.0755. The molecular formula is C62H80N8O6S2. The van der Waals surface area contributed by atoms with E-state index >= 15 is 0 Å². The number of alkyl carbamates (subject to hydrolysis) is 2. The number of imidazole rings is 2. The third-order valence-corrected chi connectivity index (χ3v) is 16.5. The molecule has 1 aliphatic carbocycles. The van der Waals surface area contributed by atoms with E-state index in [0.29, 0.717) is 37.8 Å². The number of carbonyl (C=O) groups is 4. The monoisotopic (exact) mass is 1100 g/mol. The van der Waals surface area contributed by atoms with Crippen LogP contribution in [0.25, 0.3) is 33.7 Å². The summed E-state index contributed by atoms with van der Waals surface area (Å²) in [6.07, 6.45) is 27.1. The molecule has 0 bridgehead atoms. The second kappa shape index (κ2) is 29.5. The van der Waals surface area contributed by atoms with Gasteiger partial charge in [-0.25, -0.2) is 19.6 Å². The highest BCUT2D eigenvalue weighted by Crippen LogP contribution is 2.37. The van der Waals surface area contributed by atoms with Gasteiger partial charge in [-0.05, 0) is 142 Å². The number of hydrogen-bond acceptors (Lipinski definition) is 10. The van der Waals surface area contributed by atoms with Crippen molar-refractivity contribution in [1.29, 1.82) is 0 Å². The first-order valence-corrected chi connectivity index (χ1v) is 30.4. The first-order valence-electron chi connectivity index (χ1n) is 27.6. The Morgan fingerprint density at radius 2 is 1.23 bits per heavy atom. The van der Waals surface area contributed by atoms with Crippen molar-refractivity contribution in [2.24, 2.45) is 11.8 Å². The number of amides is 4. The van der Waals surface area contributed by atoms with E-state index in [2.05, 4.69) is 134 Å². The number of rotatable bonds is 20. The SMILES string of the molecule is C=CCOC(=O)N[C@@H](CCSC)C(=O)N1CCC[C@H]1c1nc(-c2ccc(/C3=C/C(=C\C)CCC(=C(/C)c4ccc(-c5c[nH]c([C@@H]6CCCN6C(=O)[C@H](CCSC)NC(=O)OCC=C)n5)cc4)/C=C\[C@H](C)CC[C@H]3C)cc2)c[nH]1. The van der Waals surface area contributed by atoms with Crippen molar-refractivity contribution in [3.8, 4) is 22.5 Å². The summed E-state index contributed by atoms with van der Waals surface area (Å²) >= 11 is 3.26. The number of aromatic nitrogens is 4. The first kappa shape index (κ1) is 59.1. The number of likely N-dealkylation sites (tertiary alicyclic amines) is 2. The third-order valence-electron chi connectivity index (χ3n) is 15.2. The number of aromatic amines is 2. The number of nitrogens with zero attached hydrogens (tertiary/aromatic N) is 4. The van der Waals surface area contributed by atoms with Gasteiger partial charge < -0.3 is 39.9 Å². The van der Waals surface area contributed by atoms with Gasteiger partial charge in [0.15, 0.2) is 0 Å². The predicted octanol–water partition coefficient (Wildman–Crippen LogP) is 13.1. The zero-order chi connectivity index (χ0) is 55.6. The van der Waals surface area contributed by atoms with Crippen LogP contribution in [0.1, 0.15) is 127 Å². The van der Waals surface area contributed by atoms with Gasteiger partial charge in [0.05, 0.1) is 23.5 Å². The van der Waals surface area contributed by atoms with E-state index in [1.807, 2.05) is 34.7 Å².